The summed E-state index contributed by atoms with van der Waals surface area (Å²) in [7, 11) is 0. The van der Waals surface area contributed by atoms with Crippen LogP contribution in [0, 0.1) is 5.41 Å². The fourth-order valence-corrected chi connectivity index (χ4v) is 3.04. The zero-order chi connectivity index (χ0) is 15.4. The van der Waals surface area contributed by atoms with Gasteiger partial charge in [-0.15, -0.1) is 11.3 Å². The molecule has 2 aromatic rings. The predicted molar refractivity (Wildman–Crippen MR) is 88.4 cm³/mol. The van der Waals surface area contributed by atoms with Crippen molar-refractivity contribution in [1.82, 2.24) is 4.98 Å². The lowest BCUT2D eigenvalue weighted by atomic mass is 10.1. The summed E-state index contributed by atoms with van der Waals surface area (Å²) in [4.78, 5) is 5.42. The van der Waals surface area contributed by atoms with E-state index in [1.54, 1.807) is 0 Å². The summed E-state index contributed by atoms with van der Waals surface area (Å²) in [5.74, 6) is 1.21. The standard InChI is InChI=1S/C16H21N3OS/c1-4-9-20-12-7-5-11(6-8-12)16-19-13(10(2)3)14(21-16)15(17)18/h5-8,10H,4,9H2,1-3H3,(H3,17,18). The molecular formula is C16H21N3OS. The minimum atomic E-state index is 0.0883. The van der Waals surface area contributed by atoms with Crippen LogP contribution >= 0.6 is 11.3 Å². The first-order valence-corrected chi connectivity index (χ1v) is 7.93. The van der Waals surface area contributed by atoms with Crippen LogP contribution in [-0.4, -0.2) is 17.4 Å². The van der Waals surface area contributed by atoms with E-state index in [4.69, 9.17) is 15.9 Å². The number of hydrogen-bond donors (Lipinski definition) is 2. The molecule has 0 aliphatic rings. The molecule has 0 aliphatic carbocycles. The Hall–Kier alpha value is -1.88. The summed E-state index contributed by atoms with van der Waals surface area (Å²) in [6, 6.07) is 7.90. The zero-order valence-electron chi connectivity index (χ0n) is 12.6. The van der Waals surface area contributed by atoms with E-state index in [9.17, 15) is 0 Å². The number of nitrogens with one attached hydrogen (secondary N) is 1. The van der Waals surface area contributed by atoms with Crippen LogP contribution < -0.4 is 10.5 Å². The van der Waals surface area contributed by atoms with Gasteiger partial charge in [0.2, 0.25) is 0 Å². The topological polar surface area (TPSA) is 72.0 Å². The SMILES string of the molecule is CCCOc1ccc(-c2nc(C(C)C)c(C(=N)N)s2)cc1. The third kappa shape index (κ3) is 3.61. The number of hydrogen-bond acceptors (Lipinski definition) is 4. The monoisotopic (exact) mass is 303 g/mol. The van der Waals surface area contributed by atoms with E-state index < -0.39 is 0 Å². The van der Waals surface area contributed by atoms with E-state index >= 15 is 0 Å². The average molecular weight is 303 g/mol. The van der Waals surface area contributed by atoms with Gasteiger partial charge in [-0.2, -0.15) is 0 Å². The number of nitrogens with zero attached hydrogens (tertiary/aromatic N) is 1. The van der Waals surface area contributed by atoms with Crippen LogP contribution in [0.5, 0.6) is 5.75 Å². The molecule has 0 radical (unpaired) electrons. The van der Waals surface area contributed by atoms with E-state index in [2.05, 4.69) is 25.8 Å². The van der Waals surface area contributed by atoms with Crippen molar-refractivity contribution < 1.29 is 4.74 Å². The van der Waals surface area contributed by atoms with Crippen LogP contribution in [0.4, 0.5) is 0 Å². The maximum atomic E-state index is 7.68. The molecule has 1 aromatic heterocycles. The smallest absolute Gasteiger partial charge is 0.135 e. The minimum absolute atomic E-state index is 0.0883. The van der Waals surface area contributed by atoms with Crippen molar-refractivity contribution in [2.24, 2.45) is 5.73 Å². The first kappa shape index (κ1) is 15.5. The third-order valence-electron chi connectivity index (χ3n) is 3.02. The van der Waals surface area contributed by atoms with Gasteiger partial charge >= 0.3 is 0 Å². The Morgan fingerprint density at radius 3 is 2.48 bits per heavy atom. The Balaban J connectivity index is 2.29. The highest BCUT2D eigenvalue weighted by molar-refractivity contribution is 7.17. The maximum absolute atomic E-state index is 7.68. The number of benzene rings is 1. The van der Waals surface area contributed by atoms with Crippen LogP contribution in [-0.2, 0) is 0 Å². The van der Waals surface area contributed by atoms with Crippen molar-refractivity contribution in [2.45, 2.75) is 33.1 Å². The summed E-state index contributed by atoms with van der Waals surface area (Å²) >= 11 is 1.47. The second-order valence-electron chi connectivity index (χ2n) is 5.17. The number of rotatable bonds is 6. The van der Waals surface area contributed by atoms with Crippen LogP contribution in [0.1, 0.15) is 43.7 Å². The summed E-state index contributed by atoms with van der Waals surface area (Å²) < 4.78 is 5.58. The summed E-state index contributed by atoms with van der Waals surface area (Å²) in [5.41, 5.74) is 7.58. The van der Waals surface area contributed by atoms with Gasteiger partial charge in [-0.05, 0) is 36.6 Å². The molecule has 5 heteroatoms. The van der Waals surface area contributed by atoms with Gasteiger partial charge < -0.3 is 10.5 Å². The lowest BCUT2D eigenvalue weighted by molar-refractivity contribution is 0.317. The van der Waals surface area contributed by atoms with Crippen molar-refractivity contribution in [3.05, 3.63) is 34.8 Å². The second kappa shape index (κ2) is 6.72. The van der Waals surface area contributed by atoms with Gasteiger partial charge in [0.25, 0.3) is 0 Å². The molecule has 0 bridgehead atoms. The molecule has 4 nitrogen and oxygen atoms in total. The maximum Gasteiger partial charge on any atom is 0.135 e. The second-order valence-corrected chi connectivity index (χ2v) is 6.17. The number of nitrogens with two attached hydrogens (primary N) is 1. The highest BCUT2D eigenvalue weighted by atomic mass is 32.1. The normalized spacial score (nSPS) is 10.9. The average Bonchev–Trinajstić information content (AvgIpc) is 2.91. The Morgan fingerprint density at radius 2 is 2.00 bits per heavy atom. The molecule has 0 saturated carbocycles. The zero-order valence-corrected chi connectivity index (χ0v) is 13.5. The molecule has 0 unspecified atom stereocenters. The molecule has 0 atom stereocenters. The largest absolute Gasteiger partial charge is 0.494 e. The Kier molecular flexibility index (Phi) is 4.96. The van der Waals surface area contributed by atoms with Gasteiger partial charge in [-0.25, -0.2) is 4.98 Å². The molecule has 21 heavy (non-hydrogen) atoms. The minimum Gasteiger partial charge on any atom is -0.494 e. The van der Waals surface area contributed by atoms with Gasteiger partial charge in [-0.1, -0.05) is 20.8 Å². The van der Waals surface area contributed by atoms with E-state index in [-0.39, 0.29) is 11.8 Å². The van der Waals surface area contributed by atoms with E-state index in [0.717, 1.165) is 39.9 Å². The van der Waals surface area contributed by atoms with Crippen LogP contribution in [0.2, 0.25) is 0 Å². The summed E-state index contributed by atoms with van der Waals surface area (Å²) in [5, 5.41) is 8.58. The fraction of sp³-hybridized carbons (Fsp3) is 0.375. The van der Waals surface area contributed by atoms with Gasteiger partial charge in [0.05, 0.1) is 17.2 Å². The number of amidine groups is 1. The van der Waals surface area contributed by atoms with Crippen molar-refractivity contribution in [2.75, 3.05) is 6.61 Å². The molecule has 0 fully saturated rings. The lowest BCUT2D eigenvalue weighted by Crippen LogP contribution is -2.12. The molecule has 0 saturated heterocycles. The molecular weight excluding hydrogens is 282 g/mol. The first-order valence-electron chi connectivity index (χ1n) is 7.11. The van der Waals surface area contributed by atoms with E-state index in [0.29, 0.717) is 0 Å². The highest BCUT2D eigenvalue weighted by Gasteiger charge is 2.17. The van der Waals surface area contributed by atoms with Crippen molar-refractivity contribution >= 4 is 17.2 Å². The number of ether oxygens (including phenoxy) is 1. The van der Waals surface area contributed by atoms with Crippen LogP contribution in [0.3, 0.4) is 0 Å². The molecule has 0 amide bonds. The summed E-state index contributed by atoms with van der Waals surface area (Å²) in [6.45, 7) is 6.93. The third-order valence-corrected chi connectivity index (χ3v) is 4.17. The van der Waals surface area contributed by atoms with Crippen LogP contribution in [0.25, 0.3) is 10.6 Å². The van der Waals surface area contributed by atoms with Gasteiger partial charge in [0, 0.05) is 5.56 Å². The van der Waals surface area contributed by atoms with Gasteiger partial charge in [0.15, 0.2) is 0 Å². The van der Waals surface area contributed by atoms with E-state index in [1.807, 2.05) is 24.3 Å². The Bertz CT molecular complexity index is 617. The summed E-state index contributed by atoms with van der Waals surface area (Å²) in [6.07, 6.45) is 0.994. The molecule has 2 rings (SSSR count). The first-order chi connectivity index (χ1) is 10.0. The molecule has 3 N–H and O–H groups in total. The lowest BCUT2D eigenvalue weighted by Gasteiger charge is -2.04. The Morgan fingerprint density at radius 1 is 1.33 bits per heavy atom. The van der Waals surface area contributed by atoms with Gasteiger partial charge in [0.1, 0.15) is 16.6 Å². The van der Waals surface area contributed by atoms with Crippen LogP contribution in [0.15, 0.2) is 24.3 Å². The molecule has 112 valence electrons. The number of aromatic nitrogens is 1. The molecule has 1 heterocycles. The van der Waals surface area contributed by atoms with Crippen molar-refractivity contribution in [1.29, 1.82) is 5.41 Å². The predicted octanol–water partition coefficient (Wildman–Crippen LogP) is 4.01. The fourth-order valence-electron chi connectivity index (χ4n) is 1.95. The number of nitrogen functional groups attached to an aromatic ring is 1. The molecule has 1 aromatic carbocycles. The molecule has 0 spiro atoms. The number of thiazole rings is 1. The quantitative estimate of drug-likeness (QED) is 0.625. The molecule has 0 aliphatic heterocycles. The highest BCUT2D eigenvalue weighted by Crippen LogP contribution is 2.32. The van der Waals surface area contributed by atoms with Crippen molar-refractivity contribution in [3.63, 3.8) is 0 Å². The van der Waals surface area contributed by atoms with E-state index in [1.165, 1.54) is 11.3 Å². The van der Waals surface area contributed by atoms with Gasteiger partial charge in [-0.3, -0.25) is 5.41 Å². The van der Waals surface area contributed by atoms with Crippen molar-refractivity contribution in [3.8, 4) is 16.3 Å². The Labute approximate surface area is 129 Å².